The topological polar surface area (TPSA) is 26.3 Å². The predicted octanol–water partition coefficient (Wildman–Crippen LogP) is 7.23. The van der Waals surface area contributed by atoms with Crippen LogP contribution in [0, 0.1) is 0 Å². The van der Waals surface area contributed by atoms with Crippen LogP contribution in [0.5, 0.6) is 0 Å². The molecule has 0 aliphatic heterocycles. The molecule has 0 amide bonds. The van der Waals surface area contributed by atoms with Gasteiger partial charge in [0.15, 0.2) is 0 Å². The lowest BCUT2D eigenvalue weighted by molar-refractivity contribution is 0.173. The van der Waals surface area contributed by atoms with Gasteiger partial charge in [-0.15, -0.1) is 0 Å². The first-order valence-electron chi connectivity index (χ1n) is 8.77. The highest BCUT2D eigenvalue weighted by atomic mass is 33.1. The van der Waals surface area contributed by atoms with Crippen LogP contribution in [0.4, 0.5) is 4.79 Å². The van der Waals surface area contributed by atoms with Crippen molar-refractivity contribution < 1.29 is 9.53 Å². The minimum absolute atomic E-state index is 0.125. The number of unbranched alkanes of at least 4 members (excludes halogenated alkanes) is 10. The number of carbonyl (C=O) groups is 1. The Morgan fingerprint density at radius 1 is 0.762 bits per heavy atom. The van der Waals surface area contributed by atoms with E-state index >= 15 is 0 Å². The van der Waals surface area contributed by atoms with Gasteiger partial charge in [0.25, 0.3) is 0 Å². The van der Waals surface area contributed by atoms with Crippen molar-refractivity contribution in [2.45, 2.75) is 90.9 Å². The largest absolute Gasteiger partial charge is 0.457 e. The molecule has 4 heteroatoms. The maximum absolute atomic E-state index is 11.3. The van der Waals surface area contributed by atoms with Crippen molar-refractivity contribution in [1.29, 1.82) is 0 Å². The number of hydrogen-bond donors (Lipinski definition) is 0. The summed E-state index contributed by atoms with van der Waals surface area (Å²) in [4.78, 5) is 11.3. The van der Waals surface area contributed by atoms with Gasteiger partial charge < -0.3 is 4.74 Å². The highest BCUT2D eigenvalue weighted by Gasteiger charge is 2.03. The van der Waals surface area contributed by atoms with Crippen LogP contribution < -0.4 is 0 Å². The highest BCUT2D eigenvalue weighted by molar-refractivity contribution is 8.82. The van der Waals surface area contributed by atoms with Crippen LogP contribution in [0.1, 0.15) is 90.9 Å². The van der Waals surface area contributed by atoms with E-state index in [2.05, 4.69) is 13.8 Å². The van der Waals surface area contributed by atoms with E-state index in [1.165, 1.54) is 75.0 Å². The van der Waals surface area contributed by atoms with Gasteiger partial charge in [-0.2, -0.15) is 0 Å². The molecule has 0 atom stereocenters. The van der Waals surface area contributed by atoms with E-state index in [-0.39, 0.29) is 5.30 Å². The first kappa shape index (κ1) is 21.2. The fourth-order valence-corrected chi connectivity index (χ4v) is 3.73. The van der Waals surface area contributed by atoms with E-state index in [0.717, 1.165) is 18.6 Å². The number of hydrogen-bond acceptors (Lipinski definition) is 4. The summed E-state index contributed by atoms with van der Waals surface area (Å²) in [6.45, 7) is 4.93. The SMILES string of the molecule is CCCCCCCCCCCCSSC(=O)OCCCC. The van der Waals surface area contributed by atoms with Crippen LogP contribution in [-0.4, -0.2) is 17.7 Å². The molecule has 21 heavy (non-hydrogen) atoms. The molecule has 0 rings (SSSR count). The molecule has 0 aliphatic carbocycles. The van der Waals surface area contributed by atoms with Crippen LogP contribution in [0.15, 0.2) is 0 Å². The Morgan fingerprint density at radius 3 is 1.86 bits per heavy atom. The van der Waals surface area contributed by atoms with Gasteiger partial charge in [-0.05, 0) is 12.8 Å². The maximum atomic E-state index is 11.3. The van der Waals surface area contributed by atoms with Crippen molar-refractivity contribution >= 4 is 26.9 Å². The Labute approximate surface area is 139 Å². The fourth-order valence-electron chi connectivity index (χ4n) is 2.06. The first-order chi connectivity index (χ1) is 10.3. The Balaban J connectivity index is 3.06. The molecular weight excluding hydrogens is 300 g/mol. The summed E-state index contributed by atoms with van der Waals surface area (Å²) in [6, 6.07) is 0. The van der Waals surface area contributed by atoms with E-state index in [0.29, 0.717) is 6.61 Å². The average Bonchev–Trinajstić information content (AvgIpc) is 2.48. The molecule has 0 N–H and O–H groups in total. The van der Waals surface area contributed by atoms with Gasteiger partial charge >= 0.3 is 5.30 Å². The third-order valence-electron chi connectivity index (χ3n) is 3.43. The average molecular weight is 335 g/mol. The molecule has 0 saturated heterocycles. The van der Waals surface area contributed by atoms with Crippen LogP contribution in [-0.2, 0) is 4.74 Å². The van der Waals surface area contributed by atoms with Gasteiger partial charge in [-0.3, -0.25) is 0 Å². The molecule has 0 spiro atoms. The minimum atomic E-state index is -0.125. The summed E-state index contributed by atoms with van der Waals surface area (Å²) in [5.74, 6) is 1.06. The van der Waals surface area contributed by atoms with Crippen molar-refractivity contribution in [1.82, 2.24) is 0 Å². The molecule has 0 aromatic heterocycles. The van der Waals surface area contributed by atoms with Gasteiger partial charge in [0.2, 0.25) is 0 Å². The summed E-state index contributed by atoms with van der Waals surface area (Å²) in [6.07, 6.45) is 15.7. The van der Waals surface area contributed by atoms with E-state index in [1.54, 1.807) is 10.8 Å². The summed E-state index contributed by atoms with van der Waals surface area (Å²) >= 11 is 0. The molecule has 0 fully saturated rings. The van der Waals surface area contributed by atoms with Gasteiger partial charge in [0, 0.05) is 16.5 Å². The number of carbonyl (C=O) groups excluding carboxylic acids is 1. The molecular formula is C17H34O2S2. The standard InChI is InChI=1S/C17H34O2S2/c1-3-5-7-8-9-10-11-12-13-14-16-20-21-17(18)19-15-6-4-2/h3-16H2,1-2H3. The third kappa shape index (κ3) is 18.1. The predicted molar refractivity (Wildman–Crippen MR) is 98.1 cm³/mol. The maximum Gasteiger partial charge on any atom is 0.378 e. The summed E-state index contributed by atoms with van der Waals surface area (Å²) in [5, 5.41) is -0.125. The Hall–Kier alpha value is 0.170. The normalized spacial score (nSPS) is 10.8. The second kappa shape index (κ2) is 18.2. The first-order valence-corrected chi connectivity index (χ1v) is 11.1. The van der Waals surface area contributed by atoms with Crippen LogP contribution in [0.25, 0.3) is 0 Å². The van der Waals surface area contributed by atoms with E-state index in [9.17, 15) is 4.79 Å². The summed E-state index contributed by atoms with van der Waals surface area (Å²) < 4.78 is 5.09. The Morgan fingerprint density at radius 2 is 1.29 bits per heavy atom. The zero-order valence-corrected chi connectivity index (χ0v) is 15.7. The molecule has 0 radical (unpaired) electrons. The summed E-state index contributed by atoms with van der Waals surface area (Å²) in [5.41, 5.74) is 0. The fraction of sp³-hybridized carbons (Fsp3) is 0.941. The lowest BCUT2D eigenvalue weighted by atomic mass is 10.1. The van der Waals surface area contributed by atoms with Crippen molar-refractivity contribution in [3.63, 3.8) is 0 Å². The molecule has 0 unspecified atom stereocenters. The molecule has 0 aliphatic rings. The van der Waals surface area contributed by atoms with E-state index in [4.69, 9.17) is 4.74 Å². The lowest BCUT2D eigenvalue weighted by Crippen LogP contribution is -1.97. The second-order valence-corrected chi connectivity index (χ2v) is 7.89. The zero-order chi connectivity index (χ0) is 15.6. The van der Waals surface area contributed by atoms with Crippen molar-refractivity contribution in [2.24, 2.45) is 0 Å². The molecule has 0 saturated carbocycles. The van der Waals surface area contributed by atoms with E-state index in [1.807, 2.05) is 0 Å². The molecule has 0 bridgehead atoms. The van der Waals surface area contributed by atoms with Gasteiger partial charge in [0.05, 0.1) is 6.61 Å². The van der Waals surface area contributed by atoms with Crippen molar-refractivity contribution in [3.05, 3.63) is 0 Å². The Bertz CT molecular complexity index is 223. The highest BCUT2D eigenvalue weighted by Crippen LogP contribution is 2.25. The van der Waals surface area contributed by atoms with Crippen molar-refractivity contribution in [2.75, 3.05) is 12.4 Å². The smallest absolute Gasteiger partial charge is 0.378 e. The van der Waals surface area contributed by atoms with Gasteiger partial charge in [-0.25, -0.2) is 4.79 Å². The van der Waals surface area contributed by atoms with Gasteiger partial charge in [-0.1, -0.05) is 88.8 Å². The lowest BCUT2D eigenvalue weighted by Gasteiger charge is -2.03. The minimum Gasteiger partial charge on any atom is -0.457 e. The summed E-state index contributed by atoms with van der Waals surface area (Å²) in [7, 11) is 2.90. The van der Waals surface area contributed by atoms with Crippen LogP contribution >= 0.6 is 21.6 Å². The monoisotopic (exact) mass is 334 g/mol. The van der Waals surface area contributed by atoms with Crippen molar-refractivity contribution in [3.8, 4) is 0 Å². The van der Waals surface area contributed by atoms with Gasteiger partial charge in [0.1, 0.15) is 0 Å². The van der Waals surface area contributed by atoms with Crippen LogP contribution in [0.2, 0.25) is 0 Å². The molecule has 2 nitrogen and oxygen atoms in total. The van der Waals surface area contributed by atoms with E-state index < -0.39 is 0 Å². The molecule has 126 valence electrons. The number of rotatable bonds is 15. The molecule has 0 aromatic rings. The second-order valence-electron chi connectivity index (χ2n) is 5.54. The molecule has 0 heterocycles. The number of ether oxygens (including phenoxy) is 1. The zero-order valence-electron chi connectivity index (χ0n) is 14.0. The third-order valence-corrected chi connectivity index (χ3v) is 5.51. The Kier molecular flexibility index (Phi) is 18.4. The quantitative estimate of drug-likeness (QED) is 0.179. The molecule has 0 aromatic carbocycles. The van der Waals surface area contributed by atoms with Crippen LogP contribution in [0.3, 0.4) is 0 Å².